The Morgan fingerprint density at radius 2 is 2.00 bits per heavy atom. The van der Waals surface area contributed by atoms with Crippen LogP contribution in [0.2, 0.25) is 0 Å². The number of nitrogens with one attached hydrogen (secondary N) is 1. The molecule has 0 saturated heterocycles. The average Bonchev–Trinajstić information content (AvgIpc) is 3.40. The van der Waals surface area contributed by atoms with Gasteiger partial charge in [-0.15, -0.1) is 0 Å². The van der Waals surface area contributed by atoms with E-state index in [1.165, 1.54) is 55.2 Å². The quantitative estimate of drug-likeness (QED) is 0.758. The van der Waals surface area contributed by atoms with Crippen LogP contribution in [0, 0.1) is 0 Å². The minimum atomic E-state index is 0.202. The highest BCUT2D eigenvalue weighted by atomic mass is 16.2. The monoisotopic (exact) mass is 338 g/mol. The molecule has 3 heteroatoms. The second-order valence-electron chi connectivity index (χ2n) is 7.86. The van der Waals surface area contributed by atoms with Gasteiger partial charge in [-0.1, -0.05) is 35.9 Å². The first-order valence-corrected chi connectivity index (χ1v) is 10.1. The molecular weight excluding hydrogens is 308 g/mol. The summed E-state index contributed by atoms with van der Waals surface area (Å²) < 4.78 is 0. The van der Waals surface area contributed by atoms with Gasteiger partial charge in [-0.3, -0.25) is 9.69 Å². The molecule has 25 heavy (non-hydrogen) atoms. The maximum Gasteiger partial charge on any atom is 0.234 e. The molecule has 1 unspecified atom stereocenters. The Morgan fingerprint density at radius 3 is 2.80 bits per heavy atom. The minimum Gasteiger partial charge on any atom is -0.355 e. The minimum absolute atomic E-state index is 0.202. The van der Waals surface area contributed by atoms with Gasteiger partial charge in [0.25, 0.3) is 0 Å². The van der Waals surface area contributed by atoms with Crippen molar-refractivity contribution in [3.63, 3.8) is 0 Å². The maximum atomic E-state index is 12.5. The largest absolute Gasteiger partial charge is 0.355 e. The molecular formula is C22H30N2O. The predicted molar refractivity (Wildman–Crippen MR) is 101 cm³/mol. The number of carbonyl (C=O) groups excluding carboxylic acids is 1. The number of hydrogen-bond acceptors (Lipinski definition) is 2. The van der Waals surface area contributed by atoms with E-state index in [0.717, 1.165) is 25.8 Å². The molecule has 134 valence electrons. The SMILES string of the molecule is O=C(CN(C1CC1)C1CCc2ccccc21)NCCC1=CCCCC1. The molecule has 1 aromatic carbocycles. The van der Waals surface area contributed by atoms with E-state index in [0.29, 0.717) is 18.6 Å². The molecule has 1 fully saturated rings. The van der Waals surface area contributed by atoms with E-state index in [-0.39, 0.29) is 5.91 Å². The lowest BCUT2D eigenvalue weighted by atomic mass is 9.97. The summed E-state index contributed by atoms with van der Waals surface area (Å²) in [5.41, 5.74) is 4.47. The van der Waals surface area contributed by atoms with Crippen LogP contribution in [-0.2, 0) is 11.2 Å². The van der Waals surface area contributed by atoms with Crippen molar-refractivity contribution in [1.29, 1.82) is 0 Å². The fraction of sp³-hybridized carbons (Fsp3) is 0.591. The zero-order valence-electron chi connectivity index (χ0n) is 15.2. The van der Waals surface area contributed by atoms with Gasteiger partial charge >= 0.3 is 0 Å². The lowest BCUT2D eigenvalue weighted by Crippen LogP contribution is -2.40. The van der Waals surface area contributed by atoms with Gasteiger partial charge in [0.1, 0.15) is 0 Å². The molecule has 0 spiro atoms. The van der Waals surface area contributed by atoms with Crippen LogP contribution in [0.5, 0.6) is 0 Å². The number of fused-ring (bicyclic) bond motifs is 1. The molecule has 1 aromatic rings. The van der Waals surface area contributed by atoms with Crippen molar-refractivity contribution in [1.82, 2.24) is 10.2 Å². The molecule has 0 aliphatic heterocycles. The van der Waals surface area contributed by atoms with Gasteiger partial charge in [0.2, 0.25) is 5.91 Å². The van der Waals surface area contributed by atoms with Crippen molar-refractivity contribution in [3.05, 3.63) is 47.0 Å². The van der Waals surface area contributed by atoms with Crippen molar-refractivity contribution in [3.8, 4) is 0 Å². The van der Waals surface area contributed by atoms with Gasteiger partial charge in [0.05, 0.1) is 6.54 Å². The fourth-order valence-corrected chi connectivity index (χ4v) is 4.50. The average molecular weight is 338 g/mol. The summed E-state index contributed by atoms with van der Waals surface area (Å²) in [5.74, 6) is 0.202. The van der Waals surface area contributed by atoms with E-state index in [9.17, 15) is 4.79 Å². The van der Waals surface area contributed by atoms with Crippen LogP contribution < -0.4 is 5.32 Å². The first-order chi connectivity index (χ1) is 12.3. The number of amides is 1. The Morgan fingerprint density at radius 1 is 1.12 bits per heavy atom. The van der Waals surface area contributed by atoms with E-state index in [1.807, 2.05) is 0 Å². The van der Waals surface area contributed by atoms with Gasteiger partial charge in [0, 0.05) is 18.6 Å². The molecule has 1 saturated carbocycles. The number of hydrogen-bond donors (Lipinski definition) is 1. The highest BCUT2D eigenvalue weighted by Gasteiger charge is 2.38. The first-order valence-electron chi connectivity index (χ1n) is 10.1. The third kappa shape index (κ3) is 4.14. The number of benzene rings is 1. The molecule has 4 rings (SSSR count). The normalized spacial score (nSPS) is 22.6. The van der Waals surface area contributed by atoms with Crippen LogP contribution in [-0.4, -0.2) is 29.9 Å². The fourth-order valence-electron chi connectivity index (χ4n) is 4.50. The van der Waals surface area contributed by atoms with Crippen LogP contribution in [0.4, 0.5) is 0 Å². The summed E-state index contributed by atoms with van der Waals surface area (Å²) in [4.78, 5) is 15.0. The lowest BCUT2D eigenvalue weighted by Gasteiger charge is -2.29. The number of rotatable bonds is 7. The van der Waals surface area contributed by atoms with Gasteiger partial charge in [-0.25, -0.2) is 0 Å². The van der Waals surface area contributed by atoms with Crippen LogP contribution in [0.25, 0.3) is 0 Å². The second-order valence-corrected chi connectivity index (χ2v) is 7.86. The molecule has 1 atom stereocenters. The third-order valence-corrected chi connectivity index (χ3v) is 6.00. The Kier molecular flexibility index (Phi) is 5.21. The molecule has 0 radical (unpaired) electrons. The van der Waals surface area contributed by atoms with Crippen molar-refractivity contribution in [2.24, 2.45) is 0 Å². The van der Waals surface area contributed by atoms with Gasteiger partial charge in [0.15, 0.2) is 0 Å². The molecule has 3 aliphatic rings. The van der Waals surface area contributed by atoms with E-state index in [1.54, 1.807) is 0 Å². The molecule has 0 bridgehead atoms. The molecule has 3 aliphatic carbocycles. The Balaban J connectivity index is 1.31. The zero-order chi connectivity index (χ0) is 17.1. The second kappa shape index (κ2) is 7.74. The number of aryl methyl sites for hydroxylation is 1. The third-order valence-electron chi connectivity index (χ3n) is 6.00. The van der Waals surface area contributed by atoms with Crippen molar-refractivity contribution < 1.29 is 4.79 Å². The van der Waals surface area contributed by atoms with E-state index >= 15 is 0 Å². The predicted octanol–water partition coefficient (Wildman–Crippen LogP) is 4.15. The molecule has 0 heterocycles. The van der Waals surface area contributed by atoms with Crippen molar-refractivity contribution in [2.45, 2.75) is 69.9 Å². The zero-order valence-corrected chi connectivity index (χ0v) is 15.2. The Bertz CT molecular complexity index is 647. The number of carbonyl (C=O) groups is 1. The molecule has 3 nitrogen and oxygen atoms in total. The van der Waals surface area contributed by atoms with Crippen LogP contribution in [0.15, 0.2) is 35.9 Å². The molecule has 1 N–H and O–H groups in total. The first kappa shape index (κ1) is 16.8. The van der Waals surface area contributed by atoms with Crippen LogP contribution in [0.1, 0.15) is 68.5 Å². The van der Waals surface area contributed by atoms with Gasteiger partial charge in [-0.05, 0) is 68.9 Å². The van der Waals surface area contributed by atoms with Gasteiger partial charge in [-0.2, -0.15) is 0 Å². The summed E-state index contributed by atoms with van der Waals surface area (Å²) in [6.45, 7) is 1.35. The number of allylic oxidation sites excluding steroid dienone is 1. The van der Waals surface area contributed by atoms with Crippen molar-refractivity contribution in [2.75, 3.05) is 13.1 Å². The lowest BCUT2D eigenvalue weighted by molar-refractivity contribution is -0.123. The van der Waals surface area contributed by atoms with Gasteiger partial charge < -0.3 is 5.32 Å². The van der Waals surface area contributed by atoms with E-state index < -0.39 is 0 Å². The summed E-state index contributed by atoms with van der Waals surface area (Å²) in [6.07, 6.45) is 13.3. The van der Waals surface area contributed by atoms with Crippen LogP contribution >= 0.6 is 0 Å². The smallest absolute Gasteiger partial charge is 0.234 e. The standard InChI is InChI=1S/C22H30N2O/c25-22(23-15-14-17-6-2-1-3-7-17)16-24(19-11-12-19)21-13-10-18-8-4-5-9-20(18)21/h4-6,8-9,19,21H,1-3,7,10-16H2,(H,23,25). The Hall–Kier alpha value is -1.61. The van der Waals surface area contributed by atoms with E-state index in [2.05, 4.69) is 40.6 Å². The maximum absolute atomic E-state index is 12.5. The summed E-state index contributed by atoms with van der Waals surface area (Å²) in [6, 6.07) is 9.84. The summed E-state index contributed by atoms with van der Waals surface area (Å²) >= 11 is 0. The molecule has 1 amide bonds. The highest BCUT2D eigenvalue weighted by molar-refractivity contribution is 5.78. The van der Waals surface area contributed by atoms with Crippen LogP contribution in [0.3, 0.4) is 0 Å². The highest BCUT2D eigenvalue weighted by Crippen LogP contribution is 2.41. The molecule has 0 aromatic heterocycles. The van der Waals surface area contributed by atoms with E-state index in [4.69, 9.17) is 0 Å². The number of nitrogens with zero attached hydrogens (tertiary/aromatic N) is 1. The Labute approximate surface area is 151 Å². The summed E-state index contributed by atoms with van der Waals surface area (Å²) in [5, 5.41) is 3.17. The van der Waals surface area contributed by atoms with Crippen molar-refractivity contribution >= 4 is 5.91 Å². The topological polar surface area (TPSA) is 32.3 Å². The summed E-state index contributed by atoms with van der Waals surface area (Å²) in [7, 11) is 0.